The van der Waals surface area contributed by atoms with Crippen molar-refractivity contribution in [3.63, 3.8) is 0 Å². The van der Waals surface area contributed by atoms with Crippen molar-refractivity contribution in [3.05, 3.63) is 22.2 Å². The van der Waals surface area contributed by atoms with Gasteiger partial charge < -0.3 is 5.73 Å². The molecular weight excluding hydrogens is 319 g/mol. The summed E-state index contributed by atoms with van der Waals surface area (Å²) in [6, 6.07) is 2.81. The van der Waals surface area contributed by atoms with E-state index in [9.17, 15) is 8.42 Å². The van der Waals surface area contributed by atoms with E-state index >= 15 is 0 Å². The Morgan fingerprint density at radius 3 is 2.30 bits per heavy atom. The van der Waals surface area contributed by atoms with Crippen molar-refractivity contribution in [1.29, 1.82) is 0 Å². The van der Waals surface area contributed by atoms with Gasteiger partial charge in [-0.15, -0.1) is 0 Å². The van der Waals surface area contributed by atoms with Crippen LogP contribution < -0.4 is 10.5 Å². The zero-order chi connectivity index (χ0) is 14.5. The second-order valence-corrected chi connectivity index (χ2v) is 8.18. The Hall–Kier alpha value is -0.490. The summed E-state index contributed by atoms with van der Waals surface area (Å²) in [5.74, 6) is 1.10. The van der Waals surface area contributed by atoms with E-state index in [1.54, 1.807) is 0 Å². The Bertz CT molecular complexity index is 625. The second kappa shape index (κ2) is 5.05. The number of nitrogen functional groups attached to an aromatic ring is 1. The Morgan fingerprint density at radius 2 is 1.80 bits per heavy atom. The third kappa shape index (κ3) is 2.52. The predicted octanol–water partition coefficient (Wildman–Crippen LogP) is 3.04. The first kappa shape index (κ1) is 14.4. The average Bonchev–Trinajstić information content (AvgIpc) is 2.87. The molecule has 0 saturated heterocycles. The first-order valence-corrected chi connectivity index (χ1v) is 8.87. The number of rotatable bonds is 3. The summed E-state index contributed by atoms with van der Waals surface area (Å²) in [4.78, 5) is -0.0715. The van der Waals surface area contributed by atoms with Crippen LogP contribution in [-0.2, 0) is 10.0 Å². The first-order valence-electron chi connectivity index (χ1n) is 6.63. The number of anilines is 1. The zero-order valence-electron chi connectivity index (χ0n) is 10.8. The Kier molecular flexibility index (Phi) is 3.65. The smallest absolute Gasteiger partial charge is 0.243 e. The van der Waals surface area contributed by atoms with E-state index in [1.807, 2.05) is 0 Å². The van der Waals surface area contributed by atoms with Gasteiger partial charge >= 0.3 is 0 Å². The molecule has 2 fully saturated rings. The molecule has 110 valence electrons. The summed E-state index contributed by atoms with van der Waals surface area (Å²) in [6.45, 7) is 0. The molecular formula is C13H16Cl2N2O2S. The van der Waals surface area contributed by atoms with Gasteiger partial charge in [0.1, 0.15) is 4.90 Å². The number of sulfonamides is 1. The number of hydrogen-bond acceptors (Lipinski definition) is 3. The maximum atomic E-state index is 12.5. The lowest BCUT2D eigenvalue weighted by Gasteiger charge is -2.23. The van der Waals surface area contributed by atoms with Gasteiger partial charge in [-0.05, 0) is 43.2 Å². The molecule has 3 atom stereocenters. The van der Waals surface area contributed by atoms with Crippen LogP contribution in [0.15, 0.2) is 17.0 Å². The molecule has 1 aromatic carbocycles. The number of fused-ring (bicyclic) bond motifs is 2. The van der Waals surface area contributed by atoms with Gasteiger partial charge in [0.15, 0.2) is 0 Å². The minimum atomic E-state index is -3.71. The summed E-state index contributed by atoms with van der Waals surface area (Å²) in [5.41, 5.74) is 5.95. The van der Waals surface area contributed by atoms with E-state index in [4.69, 9.17) is 28.9 Å². The fourth-order valence-corrected chi connectivity index (χ4v) is 6.03. The van der Waals surface area contributed by atoms with Crippen molar-refractivity contribution in [2.75, 3.05) is 5.73 Å². The zero-order valence-corrected chi connectivity index (χ0v) is 13.1. The minimum absolute atomic E-state index is 0.00318. The molecule has 0 aliphatic heterocycles. The third-order valence-corrected chi connectivity index (χ3v) is 6.74. The van der Waals surface area contributed by atoms with Crippen LogP contribution in [0.25, 0.3) is 0 Å². The molecule has 2 saturated carbocycles. The largest absolute Gasteiger partial charge is 0.399 e. The summed E-state index contributed by atoms with van der Waals surface area (Å²) in [5, 5.41) is 0.122. The highest BCUT2D eigenvalue weighted by Crippen LogP contribution is 2.45. The molecule has 1 aromatic rings. The van der Waals surface area contributed by atoms with E-state index in [0.29, 0.717) is 17.5 Å². The lowest BCUT2D eigenvalue weighted by molar-refractivity contribution is 0.390. The fraction of sp³-hybridized carbons (Fsp3) is 0.538. The molecule has 0 spiro atoms. The first-order chi connectivity index (χ1) is 9.37. The number of halogens is 2. The summed E-state index contributed by atoms with van der Waals surface area (Å²) < 4.78 is 27.8. The highest BCUT2D eigenvalue weighted by Gasteiger charge is 2.41. The molecule has 0 heterocycles. The van der Waals surface area contributed by atoms with Gasteiger partial charge in [-0.25, -0.2) is 13.1 Å². The van der Waals surface area contributed by atoms with E-state index < -0.39 is 10.0 Å². The van der Waals surface area contributed by atoms with Crippen molar-refractivity contribution >= 4 is 38.9 Å². The standard InChI is InChI=1S/C13H16Cl2N2O2S/c14-10-5-9(16)6-11(15)13(10)20(18,19)17-12-4-7-1-2-8(12)3-7/h5-8,12,17H,1-4,16H2. The molecule has 0 amide bonds. The maximum absolute atomic E-state index is 12.5. The van der Waals surface area contributed by atoms with Crippen LogP contribution in [0, 0.1) is 11.8 Å². The molecule has 3 unspecified atom stereocenters. The molecule has 2 aliphatic carbocycles. The van der Waals surface area contributed by atoms with E-state index in [0.717, 1.165) is 19.3 Å². The molecule has 2 aliphatic rings. The fourth-order valence-electron chi connectivity index (χ4n) is 3.48. The molecule has 0 radical (unpaired) electrons. The Balaban J connectivity index is 1.89. The van der Waals surface area contributed by atoms with Crippen molar-refractivity contribution in [2.45, 2.75) is 36.6 Å². The number of benzene rings is 1. The molecule has 0 aromatic heterocycles. The van der Waals surface area contributed by atoms with Crippen molar-refractivity contribution in [3.8, 4) is 0 Å². The predicted molar refractivity (Wildman–Crippen MR) is 80.4 cm³/mol. The van der Waals surface area contributed by atoms with Crippen LogP contribution >= 0.6 is 23.2 Å². The van der Waals surface area contributed by atoms with Gasteiger partial charge in [-0.2, -0.15) is 0 Å². The van der Waals surface area contributed by atoms with E-state index in [2.05, 4.69) is 4.72 Å². The summed E-state index contributed by atoms with van der Waals surface area (Å²) >= 11 is 12.0. The topological polar surface area (TPSA) is 72.2 Å². The van der Waals surface area contributed by atoms with Crippen molar-refractivity contribution in [2.24, 2.45) is 11.8 Å². The van der Waals surface area contributed by atoms with Crippen LogP contribution in [0.1, 0.15) is 25.7 Å². The van der Waals surface area contributed by atoms with Crippen LogP contribution in [0.2, 0.25) is 10.0 Å². The monoisotopic (exact) mass is 334 g/mol. The highest BCUT2D eigenvalue weighted by atomic mass is 35.5. The molecule has 7 heteroatoms. The molecule has 3 rings (SSSR count). The molecule has 20 heavy (non-hydrogen) atoms. The third-order valence-electron chi connectivity index (χ3n) is 4.33. The molecule has 2 bridgehead atoms. The summed E-state index contributed by atoms with van der Waals surface area (Å²) in [7, 11) is -3.71. The normalized spacial score (nSPS) is 29.0. The van der Waals surface area contributed by atoms with E-state index in [-0.39, 0.29) is 21.0 Å². The van der Waals surface area contributed by atoms with Crippen LogP contribution in [0.5, 0.6) is 0 Å². The minimum Gasteiger partial charge on any atom is -0.399 e. The molecule has 4 nitrogen and oxygen atoms in total. The molecule has 3 N–H and O–H groups in total. The number of hydrogen-bond donors (Lipinski definition) is 2. The lowest BCUT2D eigenvalue weighted by atomic mass is 9.96. The maximum Gasteiger partial charge on any atom is 0.243 e. The van der Waals surface area contributed by atoms with Gasteiger partial charge in [0.05, 0.1) is 10.0 Å². The van der Waals surface area contributed by atoms with Gasteiger partial charge in [0.2, 0.25) is 10.0 Å². The van der Waals surface area contributed by atoms with Gasteiger partial charge in [-0.3, -0.25) is 0 Å². The lowest BCUT2D eigenvalue weighted by Crippen LogP contribution is -2.38. The average molecular weight is 335 g/mol. The van der Waals surface area contributed by atoms with Crippen molar-refractivity contribution in [1.82, 2.24) is 4.72 Å². The Labute approximate surface area is 128 Å². The quantitative estimate of drug-likeness (QED) is 0.834. The van der Waals surface area contributed by atoms with Crippen molar-refractivity contribution < 1.29 is 8.42 Å². The number of nitrogens with two attached hydrogens (primary N) is 1. The second-order valence-electron chi connectivity index (χ2n) is 5.72. The van der Waals surface area contributed by atoms with E-state index in [1.165, 1.54) is 18.6 Å². The summed E-state index contributed by atoms with van der Waals surface area (Å²) in [6.07, 6.45) is 4.35. The van der Waals surface area contributed by atoms with Gasteiger partial charge in [0, 0.05) is 11.7 Å². The van der Waals surface area contributed by atoms with Gasteiger partial charge in [-0.1, -0.05) is 29.6 Å². The Morgan fingerprint density at radius 1 is 1.15 bits per heavy atom. The number of nitrogens with one attached hydrogen (secondary N) is 1. The van der Waals surface area contributed by atoms with Gasteiger partial charge in [0.25, 0.3) is 0 Å². The van der Waals surface area contributed by atoms with Crippen LogP contribution in [0.3, 0.4) is 0 Å². The van der Waals surface area contributed by atoms with Crippen LogP contribution in [-0.4, -0.2) is 14.5 Å². The highest BCUT2D eigenvalue weighted by molar-refractivity contribution is 7.89. The van der Waals surface area contributed by atoms with Crippen LogP contribution in [0.4, 0.5) is 5.69 Å². The SMILES string of the molecule is Nc1cc(Cl)c(S(=O)(=O)NC2CC3CCC2C3)c(Cl)c1.